The summed E-state index contributed by atoms with van der Waals surface area (Å²) in [5, 5.41) is 33.1. The number of pyridine rings is 1. The highest BCUT2D eigenvalue weighted by molar-refractivity contribution is 6.32. The summed E-state index contributed by atoms with van der Waals surface area (Å²) in [6.45, 7) is 7.75. The van der Waals surface area contributed by atoms with Crippen molar-refractivity contribution in [2.75, 3.05) is 26.2 Å². The molecule has 0 unspecified atom stereocenters. The number of hydrogen-bond donors (Lipinski definition) is 3. The number of phenolic OH excluding ortho intramolecular Hbond substituents is 1. The molecule has 0 amide bonds. The number of aromatic nitrogens is 1. The van der Waals surface area contributed by atoms with Gasteiger partial charge in [0.15, 0.2) is 0 Å². The number of phenols is 1. The third kappa shape index (κ3) is 10.8. The van der Waals surface area contributed by atoms with Gasteiger partial charge in [-0.2, -0.15) is 5.26 Å². The largest absolute Gasteiger partial charge is 0.508 e. The fourth-order valence-electron chi connectivity index (χ4n) is 7.21. The molecule has 10 nitrogen and oxygen atoms in total. The van der Waals surface area contributed by atoms with Crippen LogP contribution >= 0.6 is 11.6 Å². The first-order chi connectivity index (χ1) is 27.7. The van der Waals surface area contributed by atoms with E-state index < -0.39 is 12.0 Å². The lowest BCUT2D eigenvalue weighted by Gasteiger charge is -2.33. The Hall–Kier alpha value is -5.60. The lowest BCUT2D eigenvalue weighted by molar-refractivity contribution is -0.144. The van der Waals surface area contributed by atoms with Crippen molar-refractivity contribution < 1.29 is 29.2 Å². The molecule has 57 heavy (non-hydrogen) atoms. The summed E-state index contributed by atoms with van der Waals surface area (Å²) in [5.41, 5.74) is 8.14. The molecule has 5 aromatic rings. The molecule has 11 heteroatoms. The Kier molecular flexibility index (Phi) is 14.4. The van der Waals surface area contributed by atoms with E-state index in [1.807, 2.05) is 47.4 Å². The summed E-state index contributed by atoms with van der Waals surface area (Å²) < 4.78 is 18.9. The van der Waals surface area contributed by atoms with Crippen LogP contribution in [0, 0.1) is 25.2 Å². The number of ether oxygens (including phenoxy) is 3. The van der Waals surface area contributed by atoms with Crippen LogP contribution in [0.25, 0.3) is 11.1 Å². The van der Waals surface area contributed by atoms with Crippen LogP contribution in [0.4, 0.5) is 0 Å². The van der Waals surface area contributed by atoms with E-state index in [0.29, 0.717) is 54.0 Å². The summed E-state index contributed by atoms with van der Waals surface area (Å²) >= 11 is 6.87. The van der Waals surface area contributed by atoms with Crippen LogP contribution in [0.3, 0.4) is 0 Å². The maximum atomic E-state index is 12.1. The predicted molar refractivity (Wildman–Crippen MR) is 221 cm³/mol. The first-order valence-corrected chi connectivity index (χ1v) is 19.8. The maximum absolute atomic E-state index is 12.1. The number of carbonyl (C=O) groups is 1. The first kappa shape index (κ1) is 41.0. The van der Waals surface area contributed by atoms with Gasteiger partial charge in [-0.3, -0.25) is 14.7 Å². The molecule has 6 rings (SSSR count). The molecular formula is C46H49ClN4O6. The molecule has 296 valence electrons. The SMILES string of the molecule is Cc1c(COc2cc(OCc3cncc(C#N)c3)c(CN3CCCC[C@H]3C(=O)O)cc2Cl)cccc1-c1cccc(OCCCNCCc2ccccc2O)c1C. The molecule has 1 fully saturated rings. The normalized spacial score (nSPS) is 14.2. The number of para-hydroxylation sites is 1. The number of nitrogens with one attached hydrogen (secondary N) is 1. The lowest BCUT2D eigenvalue weighted by atomic mass is 9.93. The number of halogens is 1. The van der Waals surface area contributed by atoms with E-state index in [1.54, 1.807) is 30.5 Å². The van der Waals surface area contributed by atoms with Crippen molar-refractivity contribution in [2.45, 2.75) is 71.8 Å². The summed E-state index contributed by atoms with van der Waals surface area (Å²) in [4.78, 5) is 18.2. The minimum atomic E-state index is -0.836. The second-order valence-electron chi connectivity index (χ2n) is 14.3. The number of carboxylic acids is 1. The number of aliphatic carboxylic acids is 1. The molecule has 0 spiro atoms. The van der Waals surface area contributed by atoms with E-state index in [0.717, 1.165) is 89.0 Å². The molecule has 0 aliphatic carbocycles. The third-order valence-electron chi connectivity index (χ3n) is 10.4. The quantitative estimate of drug-likeness (QED) is 0.0739. The highest BCUT2D eigenvalue weighted by Crippen LogP contribution is 2.37. The zero-order chi connectivity index (χ0) is 40.1. The number of aromatic hydroxyl groups is 1. The molecule has 0 saturated carbocycles. The summed E-state index contributed by atoms with van der Waals surface area (Å²) in [5.74, 6) is 1.30. The van der Waals surface area contributed by atoms with Crippen molar-refractivity contribution in [3.05, 3.63) is 135 Å². The minimum Gasteiger partial charge on any atom is -0.508 e. The average Bonchev–Trinajstić information content (AvgIpc) is 3.21. The molecular weight excluding hydrogens is 740 g/mol. The Morgan fingerprint density at radius 2 is 1.65 bits per heavy atom. The Bertz CT molecular complexity index is 2200. The maximum Gasteiger partial charge on any atom is 0.320 e. The number of likely N-dealkylation sites (tertiary alicyclic amines) is 1. The van der Waals surface area contributed by atoms with Gasteiger partial charge in [0, 0.05) is 36.1 Å². The molecule has 1 aliphatic rings. The summed E-state index contributed by atoms with van der Waals surface area (Å²) in [6, 6.07) is 26.5. The lowest BCUT2D eigenvalue weighted by Crippen LogP contribution is -2.44. The molecule has 0 radical (unpaired) electrons. The Labute approximate surface area is 339 Å². The van der Waals surface area contributed by atoms with Gasteiger partial charge in [0.1, 0.15) is 48.3 Å². The molecule has 4 aromatic carbocycles. The van der Waals surface area contributed by atoms with Crippen LogP contribution in [0.1, 0.15) is 64.6 Å². The van der Waals surface area contributed by atoms with E-state index in [9.17, 15) is 20.3 Å². The van der Waals surface area contributed by atoms with Crippen molar-refractivity contribution in [3.8, 4) is 40.2 Å². The van der Waals surface area contributed by atoms with Crippen molar-refractivity contribution in [3.63, 3.8) is 0 Å². The van der Waals surface area contributed by atoms with Gasteiger partial charge in [-0.25, -0.2) is 0 Å². The number of carboxylic acid groups (broad SMARTS) is 1. The van der Waals surface area contributed by atoms with Crippen LogP contribution in [-0.4, -0.2) is 58.3 Å². The fourth-order valence-corrected chi connectivity index (χ4v) is 7.45. The zero-order valence-electron chi connectivity index (χ0n) is 32.5. The molecule has 1 atom stereocenters. The van der Waals surface area contributed by atoms with Gasteiger partial charge in [0.05, 0.1) is 17.2 Å². The van der Waals surface area contributed by atoms with Crippen LogP contribution in [0.2, 0.25) is 5.02 Å². The number of rotatable bonds is 18. The average molecular weight is 789 g/mol. The Morgan fingerprint density at radius 3 is 2.46 bits per heavy atom. The number of nitriles is 1. The van der Waals surface area contributed by atoms with Crippen molar-refractivity contribution >= 4 is 17.6 Å². The van der Waals surface area contributed by atoms with Gasteiger partial charge in [-0.05, 0) is 117 Å². The monoisotopic (exact) mass is 788 g/mol. The standard InChI is InChI=1S/C46H49ClN4O6/c1-31-36(11-7-12-38(31)39-13-8-16-43(32(39)2)55-21-9-18-49-19-17-35-10-3-4-15-42(35)52)30-57-45-24-44(56-29-34-22-33(25-48)26-50-27-34)37(23-40(45)47)28-51-20-6-5-14-41(51)46(53)54/h3-4,7-8,10-13,15-16,22-24,26-27,41,49,52H,5-6,9,14,17-21,28-30H2,1-2H3,(H,53,54)/t41-/m0/s1. The van der Waals surface area contributed by atoms with Gasteiger partial charge in [-0.1, -0.05) is 66.6 Å². The van der Waals surface area contributed by atoms with Crippen molar-refractivity contribution in [1.29, 1.82) is 5.26 Å². The number of piperidine rings is 1. The van der Waals surface area contributed by atoms with E-state index in [4.69, 9.17) is 25.8 Å². The highest BCUT2D eigenvalue weighted by Gasteiger charge is 2.29. The smallest absolute Gasteiger partial charge is 0.320 e. The van der Waals surface area contributed by atoms with Gasteiger partial charge in [-0.15, -0.1) is 0 Å². The summed E-state index contributed by atoms with van der Waals surface area (Å²) in [7, 11) is 0. The Morgan fingerprint density at radius 1 is 0.877 bits per heavy atom. The van der Waals surface area contributed by atoms with Crippen LogP contribution < -0.4 is 19.5 Å². The van der Waals surface area contributed by atoms with E-state index >= 15 is 0 Å². The van der Waals surface area contributed by atoms with Crippen LogP contribution in [0.15, 0.2) is 91.3 Å². The van der Waals surface area contributed by atoms with Gasteiger partial charge < -0.3 is 29.7 Å². The fraction of sp³-hybridized carbons (Fsp3) is 0.326. The molecule has 1 aliphatic heterocycles. The highest BCUT2D eigenvalue weighted by atomic mass is 35.5. The second kappa shape index (κ2) is 20.0. The first-order valence-electron chi connectivity index (χ1n) is 19.4. The minimum absolute atomic E-state index is 0.153. The zero-order valence-corrected chi connectivity index (χ0v) is 33.2. The molecule has 1 aromatic heterocycles. The molecule has 0 bridgehead atoms. The van der Waals surface area contributed by atoms with Gasteiger partial charge >= 0.3 is 5.97 Å². The van der Waals surface area contributed by atoms with Crippen LogP contribution in [0.5, 0.6) is 23.0 Å². The second-order valence-corrected chi connectivity index (χ2v) is 14.7. The molecule has 3 N–H and O–H groups in total. The van der Waals surface area contributed by atoms with E-state index in [-0.39, 0.29) is 13.2 Å². The summed E-state index contributed by atoms with van der Waals surface area (Å²) in [6.07, 6.45) is 7.13. The Balaban J connectivity index is 1.13. The number of benzene rings is 4. The number of nitrogens with zero attached hydrogens (tertiary/aromatic N) is 3. The third-order valence-corrected chi connectivity index (χ3v) is 10.7. The van der Waals surface area contributed by atoms with Crippen molar-refractivity contribution in [1.82, 2.24) is 15.2 Å². The van der Waals surface area contributed by atoms with Gasteiger partial charge in [0.25, 0.3) is 0 Å². The van der Waals surface area contributed by atoms with E-state index in [1.165, 1.54) is 6.20 Å². The molecule has 1 saturated heterocycles. The van der Waals surface area contributed by atoms with E-state index in [2.05, 4.69) is 42.4 Å². The molecule has 2 heterocycles. The number of hydrogen-bond acceptors (Lipinski definition) is 9. The van der Waals surface area contributed by atoms with Crippen LogP contribution in [-0.2, 0) is 31.0 Å². The van der Waals surface area contributed by atoms with Crippen molar-refractivity contribution in [2.24, 2.45) is 0 Å². The topological polar surface area (TPSA) is 137 Å². The predicted octanol–water partition coefficient (Wildman–Crippen LogP) is 8.79. The van der Waals surface area contributed by atoms with Gasteiger partial charge in [0.2, 0.25) is 0 Å².